The molecule has 15 heteroatoms. The van der Waals surface area contributed by atoms with E-state index in [1.165, 1.54) is 18.2 Å². The van der Waals surface area contributed by atoms with E-state index in [0.29, 0.717) is 46.3 Å². The summed E-state index contributed by atoms with van der Waals surface area (Å²) in [6.45, 7) is 4.71. The molecule has 1 amide bonds. The van der Waals surface area contributed by atoms with Gasteiger partial charge in [-0.3, -0.25) is 24.6 Å². The van der Waals surface area contributed by atoms with Gasteiger partial charge in [-0.15, -0.1) is 0 Å². The number of amides is 1. The molecular formula is C31H28Cl2N6O6S. The molecule has 0 aliphatic heterocycles. The summed E-state index contributed by atoms with van der Waals surface area (Å²) in [5, 5.41) is 20.5. The Morgan fingerprint density at radius 3 is 2.52 bits per heavy atom. The Hall–Kier alpha value is -4.72. The van der Waals surface area contributed by atoms with Crippen LogP contribution in [0, 0.1) is 24.0 Å². The number of hydrogen-bond donors (Lipinski definition) is 2. The highest BCUT2D eigenvalue weighted by atomic mass is 35.5. The van der Waals surface area contributed by atoms with E-state index in [0.717, 1.165) is 22.8 Å². The van der Waals surface area contributed by atoms with Crippen LogP contribution in [0.5, 0.6) is 5.75 Å². The van der Waals surface area contributed by atoms with E-state index in [1.807, 2.05) is 30.7 Å². The number of anilines is 1. The summed E-state index contributed by atoms with van der Waals surface area (Å²) >= 11 is 12.4. The largest absolute Gasteiger partial charge is 0.494 e. The molecule has 0 aliphatic rings. The zero-order valence-corrected chi connectivity index (χ0v) is 27.0. The lowest BCUT2D eigenvalue weighted by molar-refractivity contribution is -0.384. The van der Waals surface area contributed by atoms with Crippen LogP contribution in [0.25, 0.3) is 10.9 Å². The summed E-state index contributed by atoms with van der Waals surface area (Å²) in [5.41, 5.74) is 2.59. The third kappa shape index (κ3) is 7.39. The minimum absolute atomic E-state index is 0.101. The molecule has 0 fully saturated rings. The predicted octanol–water partition coefficient (Wildman–Crippen LogP) is 6.46. The third-order valence-corrected chi connectivity index (χ3v) is 9.19. The van der Waals surface area contributed by atoms with Crippen LogP contribution in [0.1, 0.15) is 33.6 Å². The SMILES string of the molecule is Cc1cc(OCCCn2nc(C(=O)NS(=O)(=O)c3ccc(NCc4cccnc4)c([N+](=O)[O-])c3)c3cc(Cl)ccc32)cc(C)c1Cl. The van der Waals surface area contributed by atoms with Crippen molar-refractivity contribution in [2.45, 2.75) is 38.3 Å². The first-order chi connectivity index (χ1) is 21.9. The lowest BCUT2D eigenvalue weighted by Gasteiger charge is -2.10. The molecule has 12 nitrogen and oxygen atoms in total. The number of fused-ring (bicyclic) bond motifs is 1. The Balaban J connectivity index is 1.32. The Kier molecular flexibility index (Phi) is 9.75. The number of nitrogens with one attached hydrogen (secondary N) is 2. The molecule has 5 rings (SSSR count). The van der Waals surface area contributed by atoms with Crippen molar-refractivity contribution in [2.75, 3.05) is 11.9 Å². The number of pyridine rings is 1. The second-order valence-electron chi connectivity index (χ2n) is 10.4. The van der Waals surface area contributed by atoms with Gasteiger partial charge in [-0.05, 0) is 79.1 Å². The number of ether oxygens (including phenoxy) is 1. The number of benzene rings is 3. The molecular weight excluding hydrogens is 655 g/mol. The highest BCUT2D eigenvalue weighted by Gasteiger charge is 2.26. The molecule has 0 aliphatic carbocycles. The minimum Gasteiger partial charge on any atom is -0.494 e. The third-order valence-electron chi connectivity index (χ3n) is 7.03. The lowest BCUT2D eigenvalue weighted by atomic mass is 10.1. The van der Waals surface area contributed by atoms with Crippen molar-refractivity contribution in [3.05, 3.63) is 116 Å². The van der Waals surface area contributed by atoms with Gasteiger partial charge >= 0.3 is 0 Å². The van der Waals surface area contributed by atoms with E-state index < -0.39 is 31.4 Å². The highest BCUT2D eigenvalue weighted by molar-refractivity contribution is 7.90. The van der Waals surface area contributed by atoms with Crippen LogP contribution in [0.4, 0.5) is 11.4 Å². The second kappa shape index (κ2) is 13.7. The lowest BCUT2D eigenvalue weighted by Crippen LogP contribution is -2.31. The van der Waals surface area contributed by atoms with Gasteiger partial charge in [0.25, 0.3) is 21.6 Å². The molecule has 2 heterocycles. The number of carbonyl (C=O) groups excluding carboxylic acids is 1. The van der Waals surface area contributed by atoms with Crippen molar-refractivity contribution in [3.8, 4) is 5.75 Å². The monoisotopic (exact) mass is 682 g/mol. The number of nitro groups is 1. The van der Waals surface area contributed by atoms with Crippen LogP contribution < -0.4 is 14.8 Å². The first-order valence-corrected chi connectivity index (χ1v) is 16.2. The van der Waals surface area contributed by atoms with Gasteiger partial charge in [0.05, 0.1) is 21.9 Å². The van der Waals surface area contributed by atoms with E-state index in [1.54, 1.807) is 41.3 Å². The second-order valence-corrected chi connectivity index (χ2v) is 12.9. The van der Waals surface area contributed by atoms with E-state index in [-0.39, 0.29) is 17.9 Å². The number of sulfonamides is 1. The average Bonchev–Trinajstić information content (AvgIpc) is 3.38. The van der Waals surface area contributed by atoms with Gasteiger partial charge in [0.1, 0.15) is 11.4 Å². The van der Waals surface area contributed by atoms with Crippen molar-refractivity contribution in [2.24, 2.45) is 0 Å². The Labute approximate surface area is 274 Å². The van der Waals surface area contributed by atoms with Crippen molar-refractivity contribution in [1.82, 2.24) is 19.5 Å². The zero-order valence-electron chi connectivity index (χ0n) is 24.7. The van der Waals surface area contributed by atoms with Gasteiger partial charge in [0, 0.05) is 53.4 Å². The summed E-state index contributed by atoms with van der Waals surface area (Å²) in [5.74, 6) is -0.338. The predicted molar refractivity (Wildman–Crippen MR) is 175 cm³/mol. The summed E-state index contributed by atoms with van der Waals surface area (Å²) in [6.07, 6.45) is 3.72. The van der Waals surface area contributed by atoms with Crippen LogP contribution in [-0.2, 0) is 23.1 Å². The first-order valence-electron chi connectivity index (χ1n) is 14.0. The topological polar surface area (TPSA) is 158 Å². The molecule has 238 valence electrons. The summed E-state index contributed by atoms with van der Waals surface area (Å²) in [4.78, 5) is 28.0. The van der Waals surface area contributed by atoms with Gasteiger partial charge in [-0.1, -0.05) is 29.3 Å². The zero-order chi connectivity index (χ0) is 33.0. The molecule has 3 aromatic carbocycles. The smallest absolute Gasteiger partial charge is 0.293 e. The average molecular weight is 684 g/mol. The Morgan fingerprint density at radius 2 is 1.83 bits per heavy atom. The standard InChI is InChI=1S/C31H28Cl2N6O6S/c1-19-13-23(14-20(2)29(19)33)45-12-4-11-38-27-9-6-22(32)15-25(27)30(36-38)31(40)37-46(43,44)24-7-8-26(28(16-24)39(41)42)35-18-21-5-3-10-34-17-21/h3,5-10,13-17,35H,4,11-12,18H2,1-2H3,(H,37,40). The molecule has 0 bridgehead atoms. The molecule has 46 heavy (non-hydrogen) atoms. The van der Waals surface area contributed by atoms with Crippen molar-refractivity contribution >= 4 is 61.4 Å². The number of nitrogens with zero attached hydrogens (tertiary/aromatic N) is 4. The number of carbonyl (C=O) groups is 1. The summed E-state index contributed by atoms with van der Waals surface area (Å²) < 4.78 is 35.9. The molecule has 0 spiro atoms. The van der Waals surface area contributed by atoms with Gasteiger partial charge in [0.2, 0.25) is 0 Å². The number of aryl methyl sites for hydroxylation is 3. The number of halogens is 2. The molecule has 0 atom stereocenters. The van der Waals surface area contributed by atoms with E-state index in [9.17, 15) is 23.3 Å². The molecule has 0 radical (unpaired) electrons. The fraction of sp³-hybridized carbons (Fsp3) is 0.194. The highest BCUT2D eigenvalue weighted by Crippen LogP contribution is 2.29. The number of hydrogen-bond acceptors (Lipinski definition) is 9. The van der Waals surface area contributed by atoms with Gasteiger partial charge < -0.3 is 10.1 Å². The molecule has 2 aromatic heterocycles. The number of aromatic nitrogens is 3. The fourth-order valence-corrected chi connectivity index (χ4v) is 6.05. The molecule has 0 unspecified atom stereocenters. The molecule has 0 saturated heterocycles. The van der Waals surface area contributed by atoms with E-state index >= 15 is 0 Å². The molecule has 0 saturated carbocycles. The fourth-order valence-electron chi connectivity index (χ4n) is 4.79. The van der Waals surface area contributed by atoms with Crippen LogP contribution >= 0.6 is 23.2 Å². The quantitative estimate of drug-likeness (QED) is 0.0855. The minimum atomic E-state index is -4.53. The van der Waals surface area contributed by atoms with Gasteiger partial charge in [-0.25, -0.2) is 13.1 Å². The normalized spacial score (nSPS) is 11.4. The van der Waals surface area contributed by atoms with Gasteiger partial charge in [0.15, 0.2) is 5.69 Å². The maximum Gasteiger partial charge on any atom is 0.293 e. The Bertz CT molecular complexity index is 2030. The van der Waals surface area contributed by atoms with E-state index in [2.05, 4.69) is 15.4 Å². The van der Waals surface area contributed by atoms with Crippen molar-refractivity contribution in [3.63, 3.8) is 0 Å². The van der Waals surface area contributed by atoms with Crippen molar-refractivity contribution in [1.29, 1.82) is 0 Å². The van der Waals surface area contributed by atoms with Crippen LogP contribution in [0.2, 0.25) is 10.0 Å². The van der Waals surface area contributed by atoms with Crippen molar-refractivity contribution < 1.29 is 22.9 Å². The van der Waals surface area contributed by atoms with Crippen LogP contribution in [-0.4, -0.2) is 40.6 Å². The van der Waals surface area contributed by atoms with Crippen LogP contribution in [0.3, 0.4) is 0 Å². The summed E-state index contributed by atoms with van der Waals surface area (Å²) in [6, 6.07) is 15.4. The Morgan fingerprint density at radius 1 is 1.07 bits per heavy atom. The number of rotatable bonds is 12. The number of nitro benzene ring substituents is 1. The summed E-state index contributed by atoms with van der Waals surface area (Å²) in [7, 11) is -4.53. The van der Waals surface area contributed by atoms with Crippen LogP contribution in [0.15, 0.2) is 78.0 Å². The molecule has 2 N–H and O–H groups in total. The van der Waals surface area contributed by atoms with Gasteiger partial charge in [-0.2, -0.15) is 5.10 Å². The maximum absolute atomic E-state index is 13.3. The first kappa shape index (κ1) is 32.7. The maximum atomic E-state index is 13.3. The molecule has 5 aromatic rings. The van der Waals surface area contributed by atoms with E-state index in [4.69, 9.17) is 27.9 Å².